The molecule has 0 spiro atoms. The van der Waals surface area contributed by atoms with E-state index < -0.39 is 27.7 Å². The fraction of sp³-hybridized carbons (Fsp3) is 0.115. The molecule has 1 heterocycles. The van der Waals surface area contributed by atoms with Crippen LogP contribution in [0.2, 0.25) is 0 Å². The summed E-state index contributed by atoms with van der Waals surface area (Å²) >= 11 is 0. The summed E-state index contributed by atoms with van der Waals surface area (Å²) in [7, 11) is -3.97. The summed E-state index contributed by atoms with van der Waals surface area (Å²) in [5.41, 5.74) is 1.90. The van der Waals surface area contributed by atoms with Crippen LogP contribution >= 0.6 is 0 Å². The summed E-state index contributed by atoms with van der Waals surface area (Å²) in [5.74, 6) is -0.553. The first-order valence-electron chi connectivity index (χ1n) is 11.0. The number of sulfonamides is 1. The smallest absolute Gasteiger partial charge is 0.322 e. The number of alkyl halides is 3. The fourth-order valence-corrected chi connectivity index (χ4v) is 4.58. The first-order valence-corrected chi connectivity index (χ1v) is 12.4. The zero-order chi connectivity index (χ0) is 26.8. The van der Waals surface area contributed by atoms with Crippen LogP contribution in [0.1, 0.15) is 27.3 Å². The van der Waals surface area contributed by atoms with Crippen LogP contribution in [0.5, 0.6) is 0 Å². The van der Waals surface area contributed by atoms with Gasteiger partial charge in [0.2, 0.25) is 5.95 Å². The van der Waals surface area contributed by atoms with Crippen molar-refractivity contribution in [1.82, 2.24) is 9.97 Å². The summed E-state index contributed by atoms with van der Waals surface area (Å²) in [6, 6.07) is 18.2. The number of carbonyl (C=O) groups is 1. The van der Waals surface area contributed by atoms with E-state index in [4.69, 9.17) is 0 Å². The number of benzene rings is 3. The molecule has 0 fully saturated rings. The quantitative estimate of drug-likeness (QED) is 0.329. The maximum atomic E-state index is 13.0. The second-order valence-corrected chi connectivity index (χ2v) is 9.86. The summed E-state index contributed by atoms with van der Waals surface area (Å²) in [5, 5.41) is 2.69. The number of halogens is 3. The van der Waals surface area contributed by atoms with Gasteiger partial charge in [0.1, 0.15) is 0 Å². The number of hydrogen-bond acceptors (Lipinski definition) is 5. The maximum absolute atomic E-state index is 13.0. The number of aromatic nitrogens is 2. The van der Waals surface area contributed by atoms with Gasteiger partial charge in [-0.3, -0.25) is 4.79 Å². The van der Waals surface area contributed by atoms with E-state index in [0.717, 1.165) is 12.1 Å². The average molecular weight is 527 g/mol. The number of amides is 1. The third kappa shape index (κ3) is 6.12. The number of anilines is 2. The van der Waals surface area contributed by atoms with Crippen LogP contribution in [0.25, 0.3) is 11.1 Å². The number of rotatable bonds is 6. The van der Waals surface area contributed by atoms with Gasteiger partial charge in [0.15, 0.2) is 0 Å². The largest absolute Gasteiger partial charge is 0.416 e. The SMILES string of the molecule is Cc1cc(C)nc(NS(=O)(=O)c2ccc(NC(=O)c3ccccc3-c3ccc(C(F)(F)F)cc3)cc2)n1. The van der Waals surface area contributed by atoms with E-state index in [9.17, 15) is 26.4 Å². The van der Waals surface area contributed by atoms with Crippen molar-refractivity contribution >= 4 is 27.6 Å². The Bertz CT molecular complexity index is 1530. The summed E-state index contributed by atoms with van der Waals surface area (Å²) in [4.78, 5) is 21.1. The second-order valence-electron chi connectivity index (χ2n) is 8.18. The summed E-state index contributed by atoms with van der Waals surface area (Å²) in [6.45, 7) is 3.44. The minimum absolute atomic E-state index is 0.0465. The number of aryl methyl sites for hydroxylation is 2. The lowest BCUT2D eigenvalue weighted by atomic mass is 9.98. The molecular weight excluding hydrogens is 505 g/mol. The second kappa shape index (κ2) is 10.0. The predicted molar refractivity (Wildman–Crippen MR) is 134 cm³/mol. The average Bonchev–Trinajstić information content (AvgIpc) is 2.83. The normalized spacial score (nSPS) is 11.7. The maximum Gasteiger partial charge on any atom is 0.416 e. The van der Waals surface area contributed by atoms with Crippen LogP contribution in [0.15, 0.2) is 83.8 Å². The molecule has 11 heteroatoms. The molecule has 0 aliphatic heterocycles. The van der Waals surface area contributed by atoms with Crippen molar-refractivity contribution in [2.24, 2.45) is 0 Å². The van der Waals surface area contributed by atoms with Crippen molar-refractivity contribution < 1.29 is 26.4 Å². The molecule has 0 saturated carbocycles. The van der Waals surface area contributed by atoms with Gasteiger partial charge in [-0.05, 0) is 73.5 Å². The molecule has 0 saturated heterocycles. The van der Waals surface area contributed by atoms with Crippen LogP contribution in [0, 0.1) is 13.8 Å². The van der Waals surface area contributed by atoms with Crippen molar-refractivity contribution in [3.63, 3.8) is 0 Å². The van der Waals surface area contributed by atoms with Crippen molar-refractivity contribution in [3.8, 4) is 11.1 Å². The molecule has 7 nitrogen and oxygen atoms in total. The highest BCUT2D eigenvalue weighted by Gasteiger charge is 2.30. The molecule has 0 aliphatic rings. The lowest BCUT2D eigenvalue weighted by Gasteiger charge is -2.12. The van der Waals surface area contributed by atoms with Gasteiger partial charge >= 0.3 is 6.18 Å². The molecule has 1 aromatic heterocycles. The highest BCUT2D eigenvalue weighted by Crippen LogP contribution is 2.32. The minimum Gasteiger partial charge on any atom is -0.322 e. The number of hydrogen-bond donors (Lipinski definition) is 2. The minimum atomic E-state index is -4.46. The zero-order valence-electron chi connectivity index (χ0n) is 19.7. The van der Waals surface area contributed by atoms with Crippen LogP contribution in [0.3, 0.4) is 0 Å². The third-order valence-electron chi connectivity index (χ3n) is 5.33. The molecule has 4 rings (SSSR count). The van der Waals surface area contributed by atoms with E-state index in [-0.39, 0.29) is 16.4 Å². The molecule has 2 N–H and O–H groups in total. The molecular formula is C26H21F3N4O3S. The van der Waals surface area contributed by atoms with E-state index in [0.29, 0.717) is 28.2 Å². The van der Waals surface area contributed by atoms with E-state index in [1.54, 1.807) is 44.2 Å². The Labute approximate surface area is 211 Å². The van der Waals surface area contributed by atoms with Crippen molar-refractivity contribution in [2.75, 3.05) is 10.0 Å². The van der Waals surface area contributed by atoms with E-state index in [1.807, 2.05) is 0 Å². The first-order chi connectivity index (χ1) is 17.4. The molecule has 0 unspecified atom stereocenters. The van der Waals surface area contributed by atoms with Gasteiger partial charge in [-0.2, -0.15) is 13.2 Å². The van der Waals surface area contributed by atoms with Crippen LogP contribution in [0.4, 0.5) is 24.8 Å². The highest BCUT2D eigenvalue weighted by atomic mass is 32.2. The van der Waals surface area contributed by atoms with Gasteiger partial charge < -0.3 is 5.32 Å². The monoisotopic (exact) mass is 526 g/mol. The molecule has 0 radical (unpaired) electrons. The lowest BCUT2D eigenvalue weighted by Crippen LogP contribution is -2.16. The van der Waals surface area contributed by atoms with Gasteiger partial charge in [-0.25, -0.2) is 23.1 Å². The zero-order valence-corrected chi connectivity index (χ0v) is 20.5. The molecule has 1 amide bonds. The highest BCUT2D eigenvalue weighted by molar-refractivity contribution is 7.92. The Balaban J connectivity index is 1.52. The fourth-order valence-electron chi connectivity index (χ4n) is 3.64. The number of carbonyl (C=O) groups excluding carboxylic acids is 1. The Hall–Kier alpha value is -4.25. The Kier molecular flexibility index (Phi) is 6.99. The molecule has 37 heavy (non-hydrogen) atoms. The topological polar surface area (TPSA) is 101 Å². The summed E-state index contributed by atoms with van der Waals surface area (Å²) in [6.07, 6.45) is -4.46. The van der Waals surface area contributed by atoms with Crippen molar-refractivity contribution in [1.29, 1.82) is 0 Å². The van der Waals surface area contributed by atoms with E-state index in [2.05, 4.69) is 20.0 Å². The third-order valence-corrected chi connectivity index (χ3v) is 6.67. The lowest BCUT2D eigenvalue weighted by molar-refractivity contribution is -0.137. The van der Waals surface area contributed by atoms with Crippen LogP contribution in [-0.2, 0) is 16.2 Å². The van der Waals surface area contributed by atoms with Gasteiger partial charge in [0.05, 0.1) is 10.5 Å². The van der Waals surface area contributed by atoms with E-state index >= 15 is 0 Å². The summed E-state index contributed by atoms with van der Waals surface area (Å²) < 4.78 is 66.5. The van der Waals surface area contributed by atoms with Crippen LogP contribution < -0.4 is 10.0 Å². The molecule has 0 aliphatic carbocycles. The van der Waals surface area contributed by atoms with E-state index in [1.165, 1.54) is 36.4 Å². The Morgan fingerprint density at radius 3 is 2.03 bits per heavy atom. The van der Waals surface area contributed by atoms with Gasteiger partial charge in [0.25, 0.3) is 15.9 Å². The van der Waals surface area contributed by atoms with Gasteiger partial charge in [-0.15, -0.1) is 0 Å². The van der Waals surface area contributed by atoms with Crippen molar-refractivity contribution in [3.05, 3.63) is 101 Å². The molecule has 0 atom stereocenters. The number of nitrogens with one attached hydrogen (secondary N) is 2. The first kappa shape index (κ1) is 25.8. The van der Waals surface area contributed by atoms with Crippen molar-refractivity contribution in [2.45, 2.75) is 24.9 Å². The molecule has 4 aromatic rings. The molecule has 190 valence electrons. The Morgan fingerprint density at radius 2 is 1.43 bits per heavy atom. The van der Waals surface area contributed by atoms with Gasteiger partial charge in [0, 0.05) is 22.6 Å². The number of nitrogens with zero attached hydrogens (tertiary/aromatic N) is 2. The molecule has 0 bridgehead atoms. The predicted octanol–water partition coefficient (Wildman–Crippen LogP) is 5.83. The van der Waals surface area contributed by atoms with Crippen LogP contribution in [-0.4, -0.2) is 24.3 Å². The standard InChI is InChI=1S/C26H21F3N4O3S/c1-16-15-17(2)31-25(30-16)33-37(35,36)21-13-11-20(12-14-21)32-24(34)23-6-4-3-5-22(23)18-7-9-19(10-8-18)26(27,28)29/h3-15H,1-2H3,(H,32,34)(H,30,31,33). The van der Waals surface area contributed by atoms with Gasteiger partial charge in [-0.1, -0.05) is 30.3 Å². The Morgan fingerprint density at radius 1 is 0.838 bits per heavy atom. The molecule has 3 aromatic carbocycles.